The molecule has 6 heteroatoms. The van der Waals surface area contributed by atoms with Gasteiger partial charge in [0, 0.05) is 0 Å². The Kier molecular flexibility index (Phi) is 3.91. The molecule has 0 fully saturated rings. The van der Waals surface area contributed by atoms with Crippen molar-refractivity contribution in [2.24, 2.45) is 5.92 Å². The summed E-state index contributed by atoms with van der Waals surface area (Å²) in [6.07, 6.45) is 0. The van der Waals surface area contributed by atoms with E-state index in [-0.39, 0.29) is 11.9 Å². The van der Waals surface area contributed by atoms with Crippen molar-refractivity contribution in [1.29, 1.82) is 5.26 Å². The fraction of sp³-hybridized carbons (Fsp3) is 0.357. The molecule has 0 aliphatic rings. The van der Waals surface area contributed by atoms with Gasteiger partial charge in [0.15, 0.2) is 4.77 Å². The van der Waals surface area contributed by atoms with E-state index in [0.29, 0.717) is 15.9 Å². The first-order valence-electron chi connectivity index (χ1n) is 6.22. The molecule has 1 N–H and O–H groups in total. The van der Waals surface area contributed by atoms with Crippen LogP contribution in [0.15, 0.2) is 18.2 Å². The van der Waals surface area contributed by atoms with Gasteiger partial charge in [-0.2, -0.15) is 5.26 Å². The standard InChI is InChI=1S/C14H15N3O2S/c1-8(2)12(13(18)19-3)17-10-6-4-5-9(7-15)11(10)16-14(17)20/h4-6,8,12H,1-3H3,(H,16,20). The topological polar surface area (TPSA) is 70.8 Å². The number of hydrogen-bond donors (Lipinski definition) is 1. The van der Waals surface area contributed by atoms with Crippen molar-refractivity contribution < 1.29 is 9.53 Å². The second kappa shape index (κ2) is 5.47. The third-order valence-electron chi connectivity index (χ3n) is 3.23. The second-order valence-electron chi connectivity index (χ2n) is 4.82. The quantitative estimate of drug-likeness (QED) is 0.696. The summed E-state index contributed by atoms with van der Waals surface area (Å²) < 4.78 is 7.01. The summed E-state index contributed by atoms with van der Waals surface area (Å²) in [6, 6.07) is 6.91. The van der Waals surface area contributed by atoms with Crippen molar-refractivity contribution in [1.82, 2.24) is 9.55 Å². The van der Waals surface area contributed by atoms with Crippen LogP contribution in [0.25, 0.3) is 11.0 Å². The third-order valence-corrected chi connectivity index (χ3v) is 3.52. The van der Waals surface area contributed by atoms with E-state index < -0.39 is 6.04 Å². The van der Waals surface area contributed by atoms with Crippen LogP contribution in [-0.4, -0.2) is 22.6 Å². The number of rotatable bonds is 3. The lowest BCUT2D eigenvalue weighted by Crippen LogP contribution is -2.25. The summed E-state index contributed by atoms with van der Waals surface area (Å²) in [7, 11) is 1.36. The number of para-hydroxylation sites is 1. The highest BCUT2D eigenvalue weighted by Gasteiger charge is 2.27. The molecule has 0 amide bonds. The molecular formula is C14H15N3O2S. The zero-order chi connectivity index (χ0) is 14.9. The Hall–Kier alpha value is -2.13. The van der Waals surface area contributed by atoms with Gasteiger partial charge in [-0.1, -0.05) is 19.9 Å². The maximum Gasteiger partial charge on any atom is 0.329 e. The van der Waals surface area contributed by atoms with Crippen LogP contribution in [0.5, 0.6) is 0 Å². The number of ether oxygens (including phenoxy) is 1. The van der Waals surface area contributed by atoms with E-state index in [1.807, 2.05) is 19.9 Å². The number of aromatic nitrogens is 2. The highest BCUT2D eigenvalue weighted by molar-refractivity contribution is 7.71. The number of carbonyl (C=O) groups excluding carboxylic acids is 1. The van der Waals surface area contributed by atoms with Gasteiger partial charge < -0.3 is 14.3 Å². The van der Waals surface area contributed by atoms with Crippen LogP contribution in [-0.2, 0) is 9.53 Å². The first-order valence-corrected chi connectivity index (χ1v) is 6.63. The SMILES string of the molecule is COC(=O)C(C(C)C)n1c(=S)[nH]c2c(C#N)cccc21. The zero-order valence-electron chi connectivity index (χ0n) is 11.5. The van der Waals surface area contributed by atoms with Gasteiger partial charge in [0.1, 0.15) is 12.1 Å². The molecule has 104 valence electrons. The van der Waals surface area contributed by atoms with Gasteiger partial charge in [0.2, 0.25) is 0 Å². The van der Waals surface area contributed by atoms with Gasteiger partial charge in [-0.25, -0.2) is 4.79 Å². The van der Waals surface area contributed by atoms with E-state index in [0.717, 1.165) is 5.52 Å². The highest BCUT2D eigenvalue weighted by Crippen LogP contribution is 2.27. The average Bonchev–Trinajstić information content (AvgIpc) is 2.75. The Balaban J connectivity index is 2.77. The largest absolute Gasteiger partial charge is 0.467 e. The summed E-state index contributed by atoms with van der Waals surface area (Å²) in [5, 5.41) is 9.13. The smallest absolute Gasteiger partial charge is 0.329 e. The lowest BCUT2D eigenvalue weighted by atomic mass is 10.0. The molecule has 1 aromatic carbocycles. The van der Waals surface area contributed by atoms with Crippen molar-refractivity contribution in [2.45, 2.75) is 19.9 Å². The number of nitrogens with one attached hydrogen (secondary N) is 1. The molecule has 5 nitrogen and oxygen atoms in total. The molecule has 0 saturated carbocycles. The Morgan fingerprint density at radius 1 is 1.50 bits per heavy atom. The number of esters is 1. The number of methoxy groups -OCH3 is 1. The van der Waals surface area contributed by atoms with Gasteiger partial charge >= 0.3 is 5.97 Å². The van der Waals surface area contributed by atoms with Crippen LogP contribution in [0.4, 0.5) is 0 Å². The maximum atomic E-state index is 12.0. The lowest BCUT2D eigenvalue weighted by Gasteiger charge is -2.20. The Labute approximate surface area is 121 Å². The van der Waals surface area contributed by atoms with Gasteiger partial charge in [-0.3, -0.25) is 0 Å². The molecule has 2 rings (SSSR count). The van der Waals surface area contributed by atoms with Crippen LogP contribution < -0.4 is 0 Å². The normalized spacial score (nSPS) is 12.3. The van der Waals surface area contributed by atoms with Crippen molar-refractivity contribution in [3.63, 3.8) is 0 Å². The molecule has 1 heterocycles. The number of nitrogens with zero attached hydrogens (tertiary/aromatic N) is 2. The number of imidazole rings is 1. The predicted octanol–water partition coefficient (Wildman–Crippen LogP) is 2.94. The van der Waals surface area contributed by atoms with E-state index in [4.69, 9.17) is 22.2 Å². The zero-order valence-corrected chi connectivity index (χ0v) is 12.3. The third kappa shape index (κ3) is 2.21. The van der Waals surface area contributed by atoms with E-state index >= 15 is 0 Å². The van der Waals surface area contributed by atoms with Crippen molar-refractivity contribution in [3.05, 3.63) is 28.5 Å². The van der Waals surface area contributed by atoms with Gasteiger partial charge in [-0.15, -0.1) is 0 Å². The molecule has 0 aliphatic carbocycles. The number of hydrogen-bond acceptors (Lipinski definition) is 4. The minimum absolute atomic E-state index is 0.0129. The van der Waals surface area contributed by atoms with Crippen LogP contribution in [0.1, 0.15) is 25.5 Å². The maximum absolute atomic E-state index is 12.0. The van der Waals surface area contributed by atoms with Crippen molar-refractivity contribution in [3.8, 4) is 6.07 Å². The summed E-state index contributed by atoms with van der Waals surface area (Å²) in [4.78, 5) is 15.0. The minimum atomic E-state index is -0.518. The van der Waals surface area contributed by atoms with E-state index in [1.54, 1.807) is 16.7 Å². The summed E-state index contributed by atoms with van der Waals surface area (Å²) >= 11 is 5.31. The molecular weight excluding hydrogens is 274 g/mol. The van der Waals surface area contributed by atoms with Gasteiger partial charge in [-0.05, 0) is 30.3 Å². The molecule has 0 aliphatic heterocycles. The fourth-order valence-corrected chi connectivity index (χ4v) is 2.63. The number of fused-ring (bicyclic) bond motifs is 1. The van der Waals surface area contributed by atoms with Crippen LogP contribution in [0, 0.1) is 22.0 Å². The monoisotopic (exact) mass is 289 g/mol. The summed E-state index contributed by atoms with van der Waals surface area (Å²) in [5.41, 5.74) is 1.88. The van der Waals surface area contributed by atoms with Crippen LogP contribution >= 0.6 is 12.2 Å². The number of benzene rings is 1. The average molecular weight is 289 g/mol. The molecule has 1 atom stereocenters. The fourth-order valence-electron chi connectivity index (χ4n) is 2.31. The molecule has 0 saturated heterocycles. The molecule has 0 bridgehead atoms. The van der Waals surface area contributed by atoms with E-state index in [2.05, 4.69) is 11.1 Å². The van der Waals surface area contributed by atoms with Crippen LogP contribution in [0.2, 0.25) is 0 Å². The number of carbonyl (C=O) groups is 1. The molecule has 1 aromatic heterocycles. The number of H-pyrrole nitrogens is 1. The first kappa shape index (κ1) is 14.3. The number of aromatic amines is 1. The van der Waals surface area contributed by atoms with Gasteiger partial charge in [0.05, 0.1) is 23.7 Å². The van der Waals surface area contributed by atoms with Crippen LogP contribution in [0.3, 0.4) is 0 Å². The Bertz CT molecular complexity index is 752. The lowest BCUT2D eigenvalue weighted by molar-refractivity contribution is -0.145. The molecule has 0 spiro atoms. The Morgan fingerprint density at radius 3 is 2.75 bits per heavy atom. The minimum Gasteiger partial charge on any atom is -0.467 e. The molecule has 0 radical (unpaired) electrons. The highest BCUT2D eigenvalue weighted by atomic mass is 32.1. The summed E-state index contributed by atoms with van der Waals surface area (Å²) in [5.74, 6) is -0.335. The molecule has 20 heavy (non-hydrogen) atoms. The molecule has 1 unspecified atom stereocenters. The van der Waals surface area contributed by atoms with E-state index in [1.165, 1.54) is 7.11 Å². The first-order chi connectivity index (χ1) is 9.51. The van der Waals surface area contributed by atoms with Gasteiger partial charge in [0.25, 0.3) is 0 Å². The predicted molar refractivity (Wildman–Crippen MR) is 77.7 cm³/mol. The van der Waals surface area contributed by atoms with Crippen molar-refractivity contribution >= 4 is 29.2 Å². The van der Waals surface area contributed by atoms with E-state index in [9.17, 15) is 4.79 Å². The number of nitriles is 1. The van der Waals surface area contributed by atoms with Crippen molar-refractivity contribution in [2.75, 3.05) is 7.11 Å². The molecule has 2 aromatic rings. The Morgan fingerprint density at radius 2 is 2.20 bits per heavy atom. The second-order valence-corrected chi connectivity index (χ2v) is 5.21. The summed E-state index contributed by atoms with van der Waals surface area (Å²) in [6.45, 7) is 3.85.